The molecular formula is C13H17ClFNO2S. The number of alkyl halides is 1. The first-order valence-electron chi connectivity index (χ1n) is 6.37. The van der Waals surface area contributed by atoms with Gasteiger partial charge in [-0.1, -0.05) is 6.92 Å². The normalized spacial score (nSPS) is 16.0. The summed E-state index contributed by atoms with van der Waals surface area (Å²) in [6.07, 6.45) is 2.57. The molecule has 0 unspecified atom stereocenters. The van der Waals surface area contributed by atoms with E-state index in [0.29, 0.717) is 6.54 Å². The van der Waals surface area contributed by atoms with Crippen molar-refractivity contribution in [1.29, 1.82) is 0 Å². The van der Waals surface area contributed by atoms with E-state index in [9.17, 15) is 12.8 Å². The first-order valence-corrected chi connectivity index (χ1v) is 8.34. The number of benzene rings is 1. The van der Waals surface area contributed by atoms with Gasteiger partial charge in [-0.15, -0.1) is 11.6 Å². The lowest BCUT2D eigenvalue weighted by Gasteiger charge is -2.21. The molecule has 1 aliphatic carbocycles. The largest absolute Gasteiger partial charge is 0.243 e. The Kier molecular flexibility index (Phi) is 4.48. The molecule has 0 bridgehead atoms. The number of hydrogen-bond donors (Lipinski definition) is 0. The Balaban J connectivity index is 2.37. The lowest BCUT2D eigenvalue weighted by molar-refractivity contribution is 0.403. The molecule has 1 aliphatic rings. The van der Waals surface area contributed by atoms with Crippen LogP contribution in [0, 0.1) is 5.82 Å². The smallest absolute Gasteiger partial charge is 0.207 e. The number of sulfonamides is 1. The van der Waals surface area contributed by atoms with Gasteiger partial charge in [0.25, 0.3) is 0 Å². The highest BCUT2D eigenvalue weighted by molar-refractivity contribution is 7.89. The van der Waals surface area contributed by atoms with Crippen molar-refractivity contribution in [3.63, 3.8) is 0 Å². The average molecular weight is 306 g/mol. The Morgan fingerprint density at radius 1 is 1.42 bits per heavy atom. The van der Waals surface area contributed by atoms with Crippen molar-refractivity contribution in [2.75, 3.05) is 6.54 Å². The number of nitrogens with zero attached hydrogens (tertiary/aromatic N) is 1. The Morgan fingerprint density at radius 2 is 2.11 bits per heavy atom. The fourth-order valence-corrected chi connectivity index (χ4v) is 4.06. The van der Waals surface area contributed by atoms with Crippen LogP contribution in [0.5, 0.6) is 0 Å². The van der Waals surface area contributed by atoms with Crippen molar-refractivity contribution in [3.05, 3.63) is 29.6 Å². The van der Waals surface area contributed by atoms with Crippen LogP contribution in [0.2, 0.25) is 0 Å². The summed E-state index contributed by atoms with van der Waals surface area (Å²) in [6, 6.07) is 3.92. The van der Waals surface area contributed by atoms with Gasteiger partial charge < -0.3 is 0 Å². The van der Waals surface area contributed by atoms with Gasteiger partial charge in [-0.2, -0.15) is 4.31 Å². The summed E-state index contributed by atoms with van der Waals surface area (Å²) in [5, 5.41) is 0. The molecule has 1 fully saturated rings. The number of hydrogen-bond acceptors (Lipinski definition) is 2. The van der Waals surface area contributed by atoms with Gasteiger partial charge in [0, 0.05) is 18.2 Å². The molecule has 1 aromatic carbocycles. The van der Waals surface area contributed by atoms with Crippen LogP contribution in [-0.4, -0.2) is 25.3 Å². The highest BCUT2D eigenvalue weighted by atomic mass is 35.5. The van der Waals surface area contributed by atoms with Crippen LogP contribution in [-0.2, 0) is 15.9 Å². The predicted octanol–water partition coefficient (Wildman–Crippen LogP) is 3.13. The zero-order valence-electron chi connectivity index (χ0n) is 10.8. The summed E-state index contributed by atoms with van der Waals surface area (Å²) in [6.45, 7) is 2.44. The third-order valence-electron chi connectivity index (χ3n) is 3.17. The third-order valence-corrected chi connectivity index (χ3v) is 5.40. The molecule has 0 radical (unpaired) electrons. The van der Waals surface area contributed by atoms with E-state index in [1.807, 2.05) is 6.92 Å². The minimum atomic E-state index is -3.54. The van der Waals surface area contributed by atoms with Crippen LogP contribution in [0.25, 0.3) is 0 Å². The van der Waals surface area contributed by atoms with Gasteiger partial charge in [-0.3, -0.25) is 0 Å². The molecule has 0 saturated heterocycles. The van der Waals surface area contributed by atoms with Crippen molar-refractivity contribution in [3.8, 4) is 0 Å². The van der Waals surface area contributed by atoms with Gasteiger partial charge in [-0.25, -0.2) is 12.8 Å². The fourth-order valence-electron chi connectivity index (χ4n) is 2.03. The van der Waals surface area contributed by atoms with Crippen LogP contribution in [0.3, 0.4) is 0 Å². The molecule has 6 heteroatoms. The Bertz CT molecular complexity index is 558. The average Bonchev–Trinajstić information content (AvgIpc) is 3.20. The van der Waals surface area contributed by atoms with Crippen LogP contribution in [0.4, 0.5) is 4.39 Å². The molecule has 1 aromatic rings. The summed E-state index contributed by atoms with van der Waals surface area (Å²) in [4.78, 5) is 0.130. The van der Waals surface area contributed by atoms with Gasteiger partial charge in [0.15, 0.2) is 0 Å². The van der Waals surface area contributed by atoms with E-state index >= 15 is 0 Å². The summed E-state index contributed by atoms with van der Waals surface area (Å²) in [7, 11) is -3.54. The maximum Gasteiger partial charge on any atom is 0.243 e. The third kappa shape index (κ3) is 3.09. The first-order chi connectivity index (χ1) is 9.00. The van der Waals surface area contributed by atoms with Crippen molar-refractivity contribution in [2.45, 2.75) is 43.0 Å². The van der Waals surface area contributed by atoms with E-state index in [1.54, 1.807) is 0 Å². The minimum absolute atomic E-state index is 0.0353. The monoisotopic (exact) mass is 305 g/mol. The second-order valence-electron chi connectivity index (χ2n) is 4.73. The van der Waals surface area contributed by atoms with E-state index in [-0.39, 0.29) is 22.4 Å². The van der Waals surface area contributed by atoms with Crippen molar-refractivity contribution < 1.29 is 12.8 Å². The van der Waals surface area contributed by atoms with Crippen LogP contribution < -0.4 is 0 Å². The number of rotatable bonds is 6. The van der Waals surface area contributed by atoms with Gasteiger partial charge >= 0.3 is 0 Å². The molecule has 1 saturated carbocycles. The quantitative estimate of drug-likeness (QED) is 0.757. The number of halogens is 2. The molecule has 0 spiro atoms. The van der Waals surface area contributed by atoms with E-state index in [1.165, 1.54) is 22.5 Å². The summed E-state index contributed by atoms with van der Waals surface area (Å²) < 4.78 is 40.0. The molecule has 2 rings (SSSR count). The Hall–Kier alpha value is -0.650. The maximum absolute atomic E-state index is 13.4. The standard InChI is InChI=1S/C13H17ClFNO2S/c1-2-7-16(11-3-4-11)19(17,18)12-5-6-13(15)10(8-12)9-14/h5-6,8,11H,2-4,7,9H2,1H3. The molecule has 0 amide bonds. The van der Waals surface area contributed by atoms with Crippen molar-refractivity contribution in [2.24, 2.45) is 0 Å². The predicted molar refractivity (Wildman–Crippen MR) is 73.2 cm³/mol. The molecule has 0 N–H and O–H groups in total. The maximum atomic E-state index is 13.4. The molecule has 0 aromatic heterocycles. The van der Waals surface area contributed by atoms with E-state index < -0.39 is 15.8 Å². The molecule has 0 atom stereocenters. The molecule has 19 heavy (non-hydrogen) atoms. The van der Waals surface area contributed by atoms with Crippen LogP contribution >= 0.6 is 11.6 Å². The second kappa shape index (κ2) is 5.77. The Morgan fingerprint density at radius 3 is 2.63 bits per heavy atom. The van der Waals surface area contributed by atoms with Gasteiger partial charge in [0.05, 0.1) is 10.8 Å². The molecule has 3 nitrogen and oxygen atoms in total. The lowest BCUT2D eigenvalue weighted by Crippen LogP contribution is -2.33. The summed E-state index contributed by atoms with van der Waals surface area (Å²) in [5.74, 6) is -0.505. The van der Waals surface area contributed by atoms with E-state index in [4.69, 9.17) is 11.6 Å². The molecule has 0 heterocycles. The zero-order chi connectivity index (χ0) is 14.0. The van der Waals surface area contributed by atoms with Crippen molar-refractivity contribution >= 4 is 21.6 Å². The van der Waals surface area contributed by atoms with Gasteiger partial charge in [0.1, 0.15) is 5.82 Å². The molecule has 0 aliphatic heterocycles. The SMILES string of the molecule is CCCN(C1CC1)S(=O)(=O)c1ccc(F)c(CCl)c1. The molecular weight excluding hydrogens is 289 g/mol. The van der Waals surface area contributed by atoms with E-state index in [2.05, 4.69) is 0 Å². The summed E-state index contributed by atoms with van der Waals surface area (Å²) in [5.41, 5.74) is 0.218. The topological polar surface area (TPSA) is 37.4 Å². The van der Waals surface area contributed by atoms with Crippen molar-refractivity contribution in [1.82, 2.24) is 4.31 Å². The highest BCUT2D eigenvalue weighted by Crippen LogP contribution is 2.32. The van der Waals surface area contributed by atoms with Crippen LogP contribution in [0.15, 0.2) is 23.1 Å². The minimum Gasteiger partial charge on any atom is -0.207 e. The second-order valence-corrected chi connectivity index (χ2v) is 6.89. The Labute approximate surface area is 118 Å². The zero-order valence-corrected chi connectivity index (χ0v) is 12.3. The molecule has 106 valence electrons. The lowest BCUT2D eigenvalue weighted by atomic mass is 10.2. The van der Waals surface area contributed by atoms with E-state index in [0.717, 1.165) is 19.3 Å². The fraction of sp³-hybridized carbons (Fsp3) is 0.538. The van der Waals surface area contributed by atoms with Gasteiger partial charge in [-0.05, 0) is 37.5 Å². The first kappa shape index (κ1) is 14.8. The van der Waals surface area contributed by atoms with Gasteiger partial charge in [0.2, 0.25) is 10.0 Å². The van der Waals surface area contributed by atoms with Crippen LogP contribution in [0.1, 0.15) is 31.7 Å². The summed E-state index contributed by atoms with van der Waals surface area (Å²) >= 11 is 5.62. The highest BCUT2D eigenvalue weighted by Gasteiger charge is 2.37.